The first-order valence-electron chi connectivity index (χ1n) is 4.57. The summed E-state index contributed by atoms with van der Waals surface area (Å²) in [4.78, 5) is 4.36. The zero-order chi connectivity index (χ0) is 9.54. The Morgan fingerprint density at radius 3 is 3.07 bits per heavy atom. The SMILES string of the molecule is Cc1ccc2ncc3ccoc3c2c1. The number of pyridine rings is 1. The number of furan rings is 1. The van der Waals surface area contributed by atoms with E-state index in [0.29, 0.717) is 0 Å². The van der Waals surface area contributed by atoms with Gasteiger partial charge in [-0.05, 0) is 25.1 Å². The van der Waals surface area contributed by atoms with Crippen molar-refractivity contribution in [3.8, 4) is 0 Å². The van der Waals surface area contributed by atoms with E-state index in [1.807, 2.05) is 18.3 Å². The highest BCUT2D eigenvalue weighted by molar-refractivity contribution is 6.01. The molecule has 0 aliphatic rings. The number of rotatable bonds is 0. The molecular weight excluding hydrogens is 174 g/mol. The van der Waals surface area contributed by atoms with E-state index >= 15 is 0 Å². The summed E-state index contributed by atoms with van der Waals surface area (Å²) in [5.41, 5.74) is 3.14. The van der Waals surface area contributed by atoms with Crippen LogP contribution in [0.3, 0.4) is 0 Å². The Balaban J connectivity index is 2.60. The third-order valence-corrected chi connectivity index (χ3v) is 2.44. The Bertz CT molecular complexity index is 610. The predicted molar refractivity (Wildman–Crippen MR) is 56.3 cm³/mol. The molecule has 0 saturated carbocycles. The van der Waals surface area contributed by atoms with Crippen molar-refractivity contribution >= 4 is 21.9 Å². The Labute approximate surface area is 81.2 Å². The summed E-state index contributed by atoms with van der Waals surface area (Å²) in [5.74, 6) is 0. The molecule has 14 heavy (non-hydrogen) atoms. The second-order valence-electron chi connectivity index (χ2n) is 3.48. The van der Waals surface area contributed by atoms with Crippen LogP contribution in [0.5, 0.6) is 0 Å². The van der Waals surface area contributed by atoms with Crippen LogP contribution in [0.2, 0.25) is 0 Å². The average Bonchev–Trinajstić information content (AvgIpc) is 2.65. The number of aromatic nitrogens is 1. The normalized spacial score (nSPS) is 11.2. The molecule has 2 nitrogen and oxygen atoms in total. The molecule has 3 aromatic rings. The first kappa shape index (κ1) is 7.56. The van der Waals surface area contributed by atoms with Crippen LogP contribution >= 0.6 is 0 Å². The lowest BCUT2D eigenvalue weighted by Gasteiger charge is -1.98. The lowest BCUT2D eigenvalue weighted by Crippen LogP contribution is -1.80. The number of hydrogen-bond acceptors (Lipinski definition) is 2. The molecule has 0 saturated heterocycles. The van der Waals surface area contributed by atoms with E-state index in [-0.39, 0.29) is 0 Å². The summed E-state index contributed by atoms with van der Waals surface area (Å²) >= 11 is 0. The zero-order valence-corrected chi connectivity index (χ0v) is 7.82. The first-order chi connectivity index (χ1) is 6.84. The van der Waals surface area contributed by atoms with Gasteiger partial charge in [-0.2, -0.15) is 0 Å². The number of fused-ring (bicyclic) bond motifs is 3. The minimum atomic E-state index is 0.929. The van der Waals surface area contributed by atoms with Gasteiger partial charge in [-0.1, -0.05) is 11.6 Å². The van der Waals surface area contributed by atoms with Crippen LogP contribution in [0.4, 0.5) is 0 Å². The maximum atomic E-state index is 5.45. The van der Waals surface area contributed by atoms with Crippen molar-refractivity contribution in [2.45, 2.75) is 6.92 Å². The fraction of sp³-hybridized carbons (Fsp3) is 0.0833. The molecule has 2 heteroatoms. The molecule has 68 valence electrons. The van der Waals surface area contributed by atoms with E-state index in [1.54, 1.807) is 6.26 Å². The molecule has 0 unspecified atom stereocenters. The van der Waals surface area contributed by atoms with Gasteiger partial charge < -0.3 is 4.42 Å². The molecular formula is C12H9NO. The van der Waals surface area contributed by atoms with Crippen LogP contribution in [-0.2, 0) is 0 Å². The van der Waals surface area contributed by atoms with Crippen LogP contribution in [0.25, 0.3) is 21.9 Å². The molecule has 0 amide bonds. The van der Waals surface area contributed by atoms with Crippen molar-refractivity contribution in [2.75, 3.05) is 0 Å². The number of nitrogens with zero attached hydrogens (tertiary/aromatic N) is 1. The molecule has 2 heterocycles. The first-order valence-corrected chi connectivity index (χ1v) is 4.57. The largest absolute Gasteiger partial charge is 0.464 e. The van der Waals surface area contributed by atoms with E-state index in [0.717, 1.165) is 21.9 Å². The van der Waals surface area contributed by atoms with Crippen LogP contribution in [0.15, 0.2) is 41.1 Å². The summed E-state index contributed by atoms with van der Waals surface area (Å²) in [6.45, 7) is 2.07. The number of benzene rings is 1. The van der Waals surface area contributed by atoms with Gasteiger partial charge in [-0.3, -0.25) is 4.98 Å². The maximum absolute atomic E-state index is 5.45. The van der Waals surface area contributed by atoms with E-state index in [4.69, 9.17) is 4.42 Å². The van der Waals surface area contributed by atoms with Gasteiger partial charge in [0.1, 0.15) is 5.58 Å². The molecule has 0 radical (unpaired) electrons. The van der Waals surface area contributed by atoms with Gasteiger partial charge in [0, 0.05) is 17.0 Å². The van der Waals surface area contributed by atoms with Gasteiger partial charge in [-0.25, -0.2) is 0 Å². The van der Waals surface area contributed by atoms with Crippen LogP contribution < -0.4 is 0 Å². The Kier molecular flexibility index (Phi) is 1.39. The summed E-state index contributed by atoms with van der Waals surface area (Å²) in [6, 6.07) is 8.12. The third-order valence-electron chi connectivity index (χ3n) is 2.44. The van der Waals surface area contributed by atoms with Crippen LogP contribution in [0.1, 0.15) is 5.56 Å². The van der Waals surface area contributed by atoms with Crippen LogP contribution in [0, 0.1) is 6.92 Å². The highest BCUT2D eigenvalue weighted by Gasteiger charge is 2.03. The topological polar surface area (TPSA) is 26.0 Å². The Hall–Kier alpha value is -1.83. The maximum Gasteiger partial charge on any atom is 0.144 e. The van der Waals surface area contributed by atoms with Gasteiger partial charge >= 0.3 is 0 Å². The van der Waals surface area contributed by atoms with E-state index < -0.39 is 0 Å². The zero-order valence-electron chi connectivity index (χ0n) is 7.82. The van der Waals surface area contributed by atoms with E-state index in [1.165, 1.54) is 5.56 Å². The molecule has 1 aromatic carbocycles. The summed E-state index contributed by atoms with van der Waals surface area (Å²) < 4.78 is 5.45. The molecule has 0 bridgehead atoms. The van der Waals surface area contributed by atoms with Crippen molar-refractivity contribution in [3.05, 3.63) is 42.3 Å². The van der Waals surface area contributed by atoms with Crippen molar-refractivity contribution in [2.24, 2.45) is 0 Å². The summed E-state index contributed by atoms with van der Waals surface area (Å²) in [5, 5.41) is 2.15. The molecule has 2 aromatic heterocycles. The highest BCUT2D eigenvalue weighted by Crippen LogP contribution is 2.24. The minimum absolute atomic E-state index is 0.929. The van der Waals surface area contributed by atoms with Crippen molar-refractivity contribution in [3.63, 3.8) is 0 Å². The lowest BCUT2D eigenvalue weighted by atomic mass is 10.1. The minimum Gasteiger partial charge on any atom is -0.464 e. The monoisotopic (exact) mass is 183 g/mol. The Morgan fingerprint density at radius 2 is 2.14 bits per heavy atom. The quantitative estimate of drug-likeness (QED) is 0.534. The molecule has 3 rings (SSSR count). The van der Waals surface area contributed by atoms with Gasteiger partial charge in [-0.15, -0.1) is 0 Å². The van der Waals surface area contributed by atoms with Gasteiger partial charge in [0.05, 0.1) is 11.8 Å². The van der Waals surface area contributed by atoms with Gasteiger partial charge in [0.2, 0.25) is 0 Å². The molecule has 0 fully saturated rings. The summed E-state index contributed by atoms with van der Waals surface area (Å²) in [7, 11) is 0. The molecule has 0 atom stereocenters. The molecule has 0 spiro atoms. The lowest BCUT2D eigenvalue weighted by molar-refractivity contribution is 0.619. The van der Waals surface area contributed by atoms with Gasteiger partial charge in [0.15, 0.2) is 0 Å². The standard InChI is InChI=1S/C12H9NO/c1-8-2-3-11-10(6-8)12-9(7-13-11)4-5-14-12/h2-7H,1H3. The van der Waals surface area contributed by atoms with Crippen LogP contribution in [-0.4, -0.2) is 4.98 Å². The number of hydrogen-bond donors (Lipinski definition) is 0. The molecule has 0 aliphatic carbocycles. The van der Waals surface area contributed by atoms with E-state index in [2.05, 4.69) is 24.0 Å². The fourth-order valence-corrected chi connectivity index (χ4v) is 1.72. The van der Waals surface area contributed by atoms with Crippen molar-refractivity contribution in [1.29, 1.82) is 0 Å². The Morgan fingerprint density at radius 1 is 1.21 bits per heavy atom. The second kappa shape index (κ2) is 2.58. The predicted octanol–water partition coefficient (Wildman–Crippen LogP) is 3.29. The molecule has 0 N–H and O–H groups in total. The number of aryl methyl sites for hydroxylation is 1. The smallest absolute Gasteiger partial charge is 0.144 e. The van der Waals surface area contributed by atoms with E-state index in [9.17, 15) is 0 Å². The fourth-order valence-electron chi connectivity index (χ4n) is 1.72. The van der Waals surface area contributed by atoms with Gasteiger partial charge in [0.25, 0.3) is 0 Å². The van der Waals surface area contributed by atoms with Crippen molar-refractivity contribution < 1.29 is 4.42 Å². The summed E-state index contributed by atoms with van der Waals surface area (Å²) in [6.07, 6.45) is 3.55. The molecule has 0 aliphatic heterocycles. The second-order valence-corrected chi connectivity index (χ2v) is 3.48. The third kappa shape index (κ3) is 0.940. The average molecular weight is 183 g/mol. The highest BCUT2D eigenvalue weighted by atomic mass is 16.3. The van der Waals surface area contributed by atoms with Crippen molar-refractivity contribution in [1.82, 2.24) is 4.98 Å².